The topological polar surface area (TPSA) is 12.4 Å². The van der Waals surface area contributed by atoms with Crippen LogP contribution in [0.2, 0.25) is 14.8 Å². The van der Waals surface area contributed by atoms with Crippen molar-refractivity contribution in [3.05, 3.63) is 65.2 Å². The van der Waals surface area contributed by atoms with Gasteiger partial charge in [-0.15, -0.1) is 0 Å². The van der Waals surface area contributed by atoms with Crippen molar-refractivity contribution in [1.82, 2.24) is 0 Å². The Hall–Kier alpha value is -1.09. The number of rotatable bonds is 3. The Kier molecular flexibility index (Phi) is 4.69. The summed E-state index contributed by atoms with van der Waals surface area (Å²) in [6.45, 7) is 4.29. The van der Waals surface area contributed by atoms with Crippen molar-refractivity contribution in [3.8, 4) is 0 Å². The number of nitrogens with zero attached hydrogens (tertiary/aromatic N) is 1. The zero-order valence-electron chi connectivity index (χ0n) is 13.1. The average molecular weight is 372 g/mol. The molecular formula is C18H23NSn. The van der Waals surface area contributed by atoms with Crippen LogP contribution >= 0.6 is 0 Å². The Morgan fingerprint density at radius 2 is 1.35 bits per heavy atom. The molecule has 2 heteroatoms. The predicted molar refractivity (Wildman–Crippen MR) is 91.9 cm³/mol. The monoisotopic (exact) mass is 373 g/mol. The number of aliphatic imine (C=N–C) groups is 1. The van der Waals surface area contributed by atoms with E-state index in [0.29, 0.717) is 0 Å². The Morgan fingerprint density at radius 3 is 1.85 bits per heavy atom. The zero-order valence-corrected chi connectivity index (χ0v) is 15.9. The van der Waals surface area contributed by atoms with Crippen LogP contribution in [0, 0.1) is 13.8 Å². The molecule has 0 fully saturated rings. The van der Waals surface area contributed by atoms with Crippen LogP contribution in [0.1, 0.15) is 16.7 Å². The van der Waals surface area contributed by atoms with Crippen molar-refractivity contribution in [2.24, 2.45) is 4.99 Å². The number of hydrogen-bond acceptors (Lipinski definition) is 1. The van der Waals surface area contributed by atoms with Gasteiger partial charge in [-0.05, 0) is 0 Å². The molecule has 0 radical (unpaired) electrons. The maximum atomic E-state index is 5.11. The van der Waals surface area contributed by atoms with E-state index in [9.17, 15) is 0 Å². The summed E-state index contributed by atoms with van der Waals surface area (Å²) in [6.07, 6.45) is 0. The Morgan fingerprint density at radius 1 is 0.800 bits per heavy atom. The van der Waals surface area contributed by atoms with E-state index < -0.39 is 18.4 Å². The predicted octanol–water partition coefficient (Wildman–Crippen LogP) is 5.30. The fraction of sp³-hybridized carbons (Fsp3) is 0.278. The van der Waals surface area contributed by atoms with Gasteiger partial charge in [0.05, 0.1) is 0 Å². The second-order valence-electron chi connectivity index (χ2n) is 6.32. The third-order valence-electron chi connectivity index (χ3n) is 3.42. The Bertz CT molecular complexity index is 601. The minimum atomic E-state index is -2.28. The molecule has 0 aliphatic heterocycles. The third-order valence-corrected chi connectivity index (χ3v) is 8.62. The molecule has 0 unspecified atom stereocenters. The van der Waals surface area contributed by atoms with Gasteiger partial charge in [-0.1, -0.05) is 0 Å². The molecule has 0 aliphatic carbocycles. The Balaban J connectivity index is 2.62. The molecule has 0 N–H and O–H groups in total. The van der Waals surface area contributed by atoms with Crippen molar-refractivity contribution in [3.63, 3.8) is 0 Å². The quantitative estimate of drug-likeness (QED) is 0.512. The van der Waals surface area contributed by atoms with Crippen LogP contribution in [0.4, 0.5) is 5.69 Å². The van der Waals surface area contributed by atoms with Crippen LogP contribution in [0.3, 0.4) is 0 Å². The number of aryl methyl sites for hydroxylation is 2. The summed E-state index contributed by atoms with van der Waals surface area (Å²) in [5.74, 6) is 0. The van der Waals surface area contributed by atoms with E-state index in [2.05, 4.69) is 77.2 Å². The number of hydrogen-bond donors (Lipinski definition) is 0. The zero-order chi connectivity index (χ0) is 14.8. The van der Waals surface area contributed by atoms with E-state index >= 15 is 0 Å². The van der Waals surface area contributed by atoms with Gasteiger partial charge in [0, 0.05) is 0 Å². The van der Waals surface area contributed by atoms with Gasteiger partial charge < -0.3 is 0 Å². The third kappa shape index (κ3) is 3.51. The SMILES string of the molecule is Cc1cccc(C)c1N=[C](c1ccccc1)[Sn]([CH3])([CH3])[CH3]. The van der Waals surface area contributed by atoms with E-state index in [4.69, 9.17) is 4.99 Å². The molecule has 2 aromatic carbocycles. The molecule has 0 heterocycles. The van der Waals surface area contributed by atoms with Gasteiger partial charge in [0.15, 0.2) is 0 Å². The van der Waals surface area contributed by atoms with E-state index in [0.717, 1.165) is 5.69 Å². The molecule has 2 aromatic rings. The summed E-state index contributed by atoms with van der Waals surface area (Å²) in [5, 5.41) is 0. The van der Waals surface area contributed by atoms with Crippen molar-refractivity contribution in [2.45, 2.75) is 28.7 Å². The average Bonchev–Trinajstić information content (AvgIpc) is 2.38. The molecule has 20 heavy (non-hydrogen) atoms. The van der Waals surface area contributed by atoms with Gasteiger partial charge >= 0.3 is 127 Å². The first-order chi connectivity index (χ1) is 9.39. The summed E-state index contributed by atoms with van der Waals surface area (Å²) in [6, 6.07) is 17.0. The molecular weight excluding hydrogens is 349 g/mol. The summed E-state index contributed by atoms with van der Waals surface area (Å²) < 4.78 is 1.34. The number of para-hydroxylation sites is 1. The molecule has 0 atom stereocenters. The molecule has 0 saturated carbocycles. The normalized spacial score (nSPS) is 12.6. The van der Waals surface area contributed by atoms with Crippen LogP contribution in [0.15, 0.2) is 53.5 Å². The van der Waals surface area contributed by atoms with E-state index in [1.54, 1.807) is 0 Å². The summed E-state index contributed by atoms with van der Waals surface area (Å²) >= 11 is -2.28. The molecule has 104 valence electrons. The molecule has 0 aromatic heterocycles. The van der Waals surface area contributed by atoms with Gasteiger partial charge in [0.25, 0.3) is 0 Å². The van der Waals surface area contributed by atoms with Crippen molar-refractivity contribution < 1.29 is 0 Å². The fourth-order valence-electron chi connectivity index (χ4n) is 2.36. The molecule has 0 bridgehead atoms. The van der Waals surface area contributed by atoms with Crippen LogP contribution in [0.5, 0.6) is 0 Å². The van der Waals surface area contributed by atoms with Crippen LogP contribution in [-0.2, 0) is 0 Å². The van der Waals surface area contributed by atoms with Crippen LogP contribution < -0.4 is 0 Å². The van der Waals surface area contributed by atoms with Crippen molar-refractivity contribution in [2.75, 3.05) is 0 Å². The summed E-state index contributed by atoms with van der Waals surface area (Å²) in [5.41, 5.74) is 4.96. The van der Waals surface area contributed by atoms with E-state index in [1.165, 1.54) is 20.4 Å². The summed E-state index contributed by atoms with van der Waals surface area (Å²) in [7, 11) is 0. The van der Waals surface area contributed by atoms with E-state index in [1.807, 2.05) is 0 Å². The first-order valence-corrected chi connectivity index (χ1v) is 17.1. The van der Waals surface area contributed by atoms with Crippen LogP contribution in [-0.4, -0.2) is 22.1 Å². The molecule has 0 amide bonds. The van der Waals surface area contributed by atoms with Gasteiger partial charge in [-0.2, -0.15) is 0 Å². The first-order valence-electron chi connectivity index (χ1n) is 7.10. The first kappa shape index (κ1) is 15.3. The molecule has 2 rings (SSSR count). The fourth-order valence-corrected chi connectivity index (χ4v) is 6.58. The molecule has 0 aliphatic rings. The van der Waals surface area contributed by atoms with Gasteiger partial charge in [0.1, 0.15) is 0 Å². The van der Waals surface area contributed by atoms with Crippen molar-refractivity contribution in [1.29, 1.82) is 0 Å². The van der Waals surface area contributed by atoms with Gasteiger partial charge in [0.2, 0.25) is 0 Å². The summed E-state index contributed by atoms with van der Waals surface area (Å²) in [4.78, 5) is 12.4. The van der Waals surface area contributed by atoms with E-state index in [-0.39, 0.29) is 0 Å². The standard InChI is InChI=1S/C15H14N.3CH3.Sn/c1-12-7-6-8-13(2)15(12)16-11-14-9-4-3-5-10-14;;;;/h3-10H,1-2H3;3*1H3;. The van der Waals surface area contributed by atoms with Crippen molar-refractivity contribution >= 4 is 27.8 Å². The second-order valence-corrected chi connectivity index (χ2v) is 20.5. The molecule has 1 nitrogen and oxygen atoms in total. The molecule has 0 saturated heterocycles. The Labute approximate surface area is 126 Å². The minimum absolute atomic E-state index is 1.15. The van der Waals surface area contributed by atoms with Crippen LogP contribution in [0.25, 0.3) is 0 Å². The van der Waals surface area contributed by atoms with Gasteiger partial charge in [-0.3, -0.25) is 0 Å². The number of benzene rings is 2. The maximum absolute atomic E-state index is 5.11. The molecule has 0 spiro atoms. The van der Waals surface area contributed by atoms with Gasteiger partial charge in [-0.25, -0.2) is 0 Å². The second kappa shape index (κ2) is 6.13.